The average molecular weight is 249 g/mol. The Labute approximate surface area is 106 Å². The van der Waals surface area contributed by atoms with E-state index in [0.29, 0.717) is 13.1 Å². The molecular weight excluding hydrogens is 230 g/mol. The van der Waals surface area contributed by atoms with Crippen LogP contribution in [-0.4, -0.2) is 52.2 Å². The molecule has 6 nitrogen and oxygen atoms in total. The minimum atomic E-state index is 0.156. The van der Waals surface area contributed by atoms with Gasteiger partial charge in [0.15, 0.2) is 0 Å². The Kier molecular flexibility index (Phi) is 2.95. The number of hydrogen-bond donors (Lipinski definition) is 2. The van der Waals surface area contributed by atoms with E-state index in [1.54, 1.807) is 0 Å². The molecule has 0 aromatic carbocycles. The zero-order valence-electron chi connectivity index (χ0n) is 10.7. The molecule has 98 valence electrons. The summed E-state index contributed by atoms with van der Waals surface area (Å²) in [6, 6.07) is 0.156. The second kappa shape index (κ2) is 4.61. The highest BCUT2D eigenvalue weighted by molar-refractivity contribution is 5.75. The van der Waals surface area contributed by atoms with Gasteiger partial charge in [-0.25, -0.2) is 4.79 Å². The predicted octanol–water partition coefficient (Wildman–Crippen LogP) is 0.313. The minimum Gasteiger partial charge on any atom is -0.322 e. The maximum Gasteiger partial charge on any atom is 0.320 e. The van der Waals surface area contributed by atoms with E-state index in [0.717, 1.165) is 44.0 Å². The number of carbonyl (C=O) groups excluding carboxylic acids is 1. The molecule has 3 rings (SSSR count). The summed E-state index contributed by atoms with van der Waals surface area (Å²) in [5, 5.41) is 10.6. The third kappa shape index (κ3) is 1.86. The van der Waals surface area contributed by atoms with E-state index in [-0.39, 0.29) is 6.03 Å². The van der Waals surface area contributed by atoms with Gasteiger partial charge >= 0.3 is 6.03 Å². The molecule has 0 bridgehead atoms. The van der Waals surface area contributed by atoms with E-state index < -0.39 is 0 Å². The number of fused-ring (bicyclic) bond motifs is 1. The van der Waals surface area contributed by atoms with Crippen molar-refractivity contribution in [3.63, 3.8) is 0 Å². The number of nitrogens with zero attached hydrogens (tertiary/aromatic N) is 3. The lowest BCUT2D eigenvalue weighted by Gasteiger charge is -2.31. The van der Waals surface area contributed by atoms with E-state index in [1.165, 1.54) is 5.56 Å². The third-order valence-corrected chi connectivity index (χ3v) is 3.73. The van der Waals surface area contributed by atoms with E-state index in [2.05, 4.69) is 22.4 Å². The van der Waals surface area contributed by atoms with Gasteiger partial charge in [0.1, 0.15) is 0 Å². The van der Waals surface area contributed by atoms with Gasteiger partial charge in [-0.2, -0.15) is 5.10 Å². The first-order chi connectivity index (χ1) is 8.79. The molecule has 0 unspecified atom stereocenters. The van der Waals surface area contributed by atoms with Gasteiger partial charge in [-0.1, -0.05) is 6.92 Å². The summed E-state index contributed by atoms with van der Waals surface area (Å²) in [6.07, 6.45) is 0.918. The topological polar surface area (TPSA) is 64.3 Å². The number of amides is 2. The fourth-order valence-electron chi connectivity index (χ4n) is 2.68. The fraction of sp³-hybridized carbons (Fsp3) is 0.667. The summed E-state index contributed by atoms with van der Waals surface area (Å²) in [6.45, 7) is 6.88. The number of nitrogens with one attached hydrogen (secondary N) is 2. The summed E-state index contributed by atoms with van der Waals surface area (Å²) < 4.78 is 0. The van der Waals surface area contributed by atoms with E-state index >= 15 is 0 Å². The van der Waals surface area contributed by atoms with E-state index in [9.17, 15) is 4.79 Å². The van der Waals surface area contributed by atoms with Gasteiger partial charge in [-0.15, -0.1) is 0 Å². The molecule has 6 heteroatoms. The van der Waals surface area contributed by atoms with Gasteiger partial charge in [0, 0.05) is 31.7 Å². The van der Waals surface area contributed by atoms with Crippen LogP contribution in [0.2, 0.25) is 0 Å². The Hall–Kier alpha value is -1.56. The Bertz CT molecular complexity index is 449. The highest BCUT2D eigenvalue weighted by Gasteiger charge is 2.30. The van der Waals surface area contributed by atoms with Crippen LogP contribution in [-0.2, 0) is 19.5 Å². The first-order valence-corrected chi connectivity index (χ1v) is 6.59. The number of H-pyrrole nitrogens is 1. The normalized spacial score (nSPS) is 19.2. The maximum absolute atomic E-state index is 12.4. The van der Waals surface area contributed by atoms with Crippen molar-refractivity contribution < 1.29 is 4.79 Å². The zero-order chi connectivity index (χ0) is 12.5. The van der Waals surface area contributed by atoms with Crippen LogP contribution in [0, 0.1) is 0 Å². The number of aromatic amines is 1. The molecule has 0 saturated carbocycles. The Morgan fingerprint density at radius 1 is 1.28 bits per heavy atom. The van der Waals surface area contributed by atoms with Crippen molar-refractivity contribution in [3.05, 3.63) is 17.0 Å². The lowest BCUT2D eigenvalue weighted by Crippen LogP contribution is -2.50. The van der Waals surface area contributed by atoms with Crippen molar-refractivity contribution in [1.29, 1.82) is 0 Å². The first-order valence-electron chi connectivity index (χ1n) is 6.59. The van der Waals surface area contributed by atoms with Crippen LogP contribution in [0.1, 0.15) is 23.9 Å². The maximum atomic E-state index is 12.4. The lowest BCUT2D eigenvalue weighted by atomic mass is 10.2. The van der Waals surface area contributed by atoms with Crippen LogP contribution < -0.4 is 5.32 Å². The molecule has 2 aliphatic rings. The minimum absolute atomic E-state index is 0.156. The standard InChI is InChI=1S/C12H19N5O/c1-2-10-9-7-17(8-11(9)15-14-10)12(18)16-5-3-13-4-6-16/h13H,2-8H2,1H3,(H,14,15). The first kappa shape index (κ1) is 11.5. The van der Waals surface area contributed by atoms with Crippen molar-refractivity contribution in [1.82, 2.24) is 25.3 Å². The monoisotopic (exact) mass is 249 g/mol. The van der Waals surface area contributed by atoms with Crippen molar-refractivity contribution in [2.75, 3.05) is 26.2 Å². The van der Waals surface area contributed by atoms with Crippen molar-refractivity contribution in [2.45, 2.75) is 26.4 Å². The smallest absolute Gasteiger partial charge is 0.320 e. The zero-order valence-corrected chi connectivity index (χ0v) is 10.7. The molecule has 0 atom stereocenters. The number of aromatic nitrogens is 2. The van der Waals surface area contributed by atoms with E-state index in [4.69, 9.17) is 0 Å². The highest BCUT2D eigenvalue weighted by atomic mass is 16.2. The number of aryl methyl sites for hydroxylation is 1. The summed E-state index contributed by atoms with van der Waals surface area (Å²) in [4.78, 5) is 16.2. The Morgan fingerprint density at radius 3 is 2.78 bits per heavy atom. The number of piperazine rings is 1. The fourth-order valence-corrected chi connectivity index (χ4v) is 2.68. The second-order valence-electron chi connectivity index (χ2n) is 4.86. The lowest BCUT2D eigenvalue weighted by molar-refractivity contribution is 0.146. The van der Waals surface area contributed by atoms with Gasteiger partial charge in [0.05, 0.1) is 24.5 Å². The molecule has 2 aliphatic heterocycles. The van der Waals surface area contributed by atoms with Gasteiger partial charge < -0.3 is 15.1 Å². The average Bonchev–Trinajstić information content (AvgIpc) is 2.98. The highest BCUT2D eigenvalue weighted by Crippen LogP contribution is 2.25. The molecule has 1 aromatic heterocycles. The summed E-state index contributed by atoms with van der Waals surface area (Å²) >= 11 is 0. The van der Waals surface area contributed by atoms with E-state index in [1.807, 2.05) is 9.80 Å². The molecule has 2 N–H and O–H groups in total. The van der Waals surface area contributed by atoms with Crippen LogP contribution in [0.25, 0.3) is 0 Å². The summed E-state index contributed by atoms with van der Waals surface area (Å²) in [5.41, 5.74) is 3.43. The summed E-state index contributed by atoms with van der Waals surface area (Å²) in [5.74, 6) is 0. The van der Waals surface area contributed by atoms with Crippen molar-refractivity contribution in [3.8, 4) is 0 Å². The van der Waals surface area contributed by atoms with Gasteiger partial charge in [-0.3, -0.25) is 5.10 Å². The molecule has 1 fully saturated rings. The molecule has 0 spiro atoms. The summed E-state index contributed by atoms with van der Waals surface area (Å²) in [7, 11) is 0. The van der Waals surface area contributed by atoms with Gasteiger partial charge in [0.2, 0.25) is 0 Å². The molecule has 3 heterocycles. The van der Waals surface area contributed by atoms with Crippen LogP contribution in [0.4, 0.5) is 4.79 Å². The number of rotatable bonds is 1. The van der Waals surface area contributed by atoms with Crippen LogP contribution >= 0.6 is 0 Å². The second-order valence-corrected chi connectivity index (χ2v) is 4.86. The number of urea groups is 1. The van der Waals surface area contributed by atoms with Crippen molar-refractivity contribution >= 4 is 6.03 Å². The molecule has 1 aromatic rings. The largest absolute Gasteiger partial charge is 0.322 e. The molecule has 1 saturated heterocycles. The molecule has 0 radical (unpaired) electrons. The SMILES string of the molecule is CCc1n[nH]c2c1CN(C(=O)N1CCNCC1)C2. The molecule has 18 heavy (non-hydrogen) atoms. The van der Waals surface area contributed by atoms with Crippen LogP contribution in [0.15, 0.2) is 0 Å². The van der Waals surface area contributed by atoms with Crippen molar-refractivity contribution in [2.24, 2.45) is 0 Å². The predicted molar refractivity (Wildman–Crippen MR) is 67.1 cm³/mol. The quantitative estimate of drug-likeness (QED) is 0.753. The van der Waals surface area contributed by atoms with Gasteiger partial charge in [-0.05, 0) is 6.42 Å². The number of hydrogen-bond acceptors (Lipinski definition) is 3. The number of carbonyl (C=O) groups is 1. The van der Waals surface area contributed by atoms with Gasteiger partial charge in [0.25, 0.3) is 0 Å². The Morgan fingerprint density at radius 2 is 2.06 bits per heavy atom. The van der Waals surface area contributed by atoms with Crippen LogP contribution in [0.3, 0.4) is 0 Å². The molecular formula is C12H19N5O. The third-order valence-electron chi connectivity index (χ3n) is 3.73. The Balaban J connectivity index is 1.69. The molecule has 0 aliphatic carbocycles. The van der Waals surface area contributed by atoms with Crippen LogP contribution in [0.5, 0.6) is 0 Å². The molecule has 2 amide bonds.